The molecule has 0 bridgehead atoms. The zero-order valence-electron chi connectivity index (χ0n) is 22.0. The first kappa shape index (κ1) is 33.8. The van der Waals surface area contributed by atoms with Gasteiger partial charge < -0.3 is 5.32 Å². The SMILES string of the molecule is CC.CC.CC.CCCCC(CC)Nc1c(-c2ccccc2Cl)nc2ccc(Cl)cn12.CCl. The number of fused-ring (bicyclic) bond motifs is 1. The second kappa shape index (κ2) is 21.1. The lowest BCUT2D eigenvalue weighted by molar-refractivity contribution is 0.591. The van der Waals surface area contributed by atoms with E-state index in [0.717, 1.165) is 35.6 Å². The van der Waals surface area contributed by atoms with Crippen molar-refractivity contribution in [2.75, 3.05) is 11.7 Å². The summed E-state index contributed by atoms with van der Waals surface area (Å²) in [4.78, 5) is 4.81. The molecule has 1 N–H and O–H groups in total. The molecule has 188 valence electrons. The molecule has 0 saturated heterocycles. The number of unbranched alkanes of at least 4 members (excludes halogenated alkanes) is 1. The lowest BCUT2D eigenvalue weighted by Crippen LogP contribution is -2.19. The summed E-state index contributed by atoms with van der Waals surface area (Å²) in [5.74, 6) is 0.952. The zero-order chi connectivity index (χ0) is 25.8. The quantitative estimate of drug-likeness (QED) is 0.316. The molecule has 2 heterocycles. The molecule has 3 aromatic rings. The van der Waals surface area contributed by atoms with Gasteiger partial charge in [-0.2, -0.15) is 0 Å². The molecule has 0 aliphatic rings. The minimum absolute atomic E-state index is 0.389. The number of alkyl halides is 1. The molecule has 1 aromatic carbocycles. The minimum atomic E-state index is 0.389. The third-order valence-electron chi connectivity index (χ3n) is 4.45. The van der Waals surface area contributed by atoms with Gasteiger partial charge in [-0.25, -0.2) is 4.98 Å². The van der Waals surface area contributed by atoms with Crippen LogP contribution in [0, 0.1) is 0 Å². The molecule has 33 heavy (non-hydrogen) atoms. The van der Waals surface area contributed by atoms with Gasteiger partial charge in [-0.1, -0.05) is 110 Å². The molecule has 0 fully saturated rings. The largest absolute Gasteiger partial charge is 0.367 e. The Morgan fingerprint density at radius 1 is 0.909 bits per heavy atom. The van der Waals surface area contributed by atoms with Gasteiger partial charge >= 0.3 is 0 Å². The Morgan fingerprint density at radius 3 is 2.06 bits per heavy atom. The second-order valence-corrected chi connectivity index (χ2v) is 7.10. The predicted octanol–water partition coefficient (Wildman–Crippen LogP) is 10.6. The molecule has 0 aliphatic heterocycles. The van der Waals surface area contributed by atoms with Crippen molar-refractivity contribution in [2.45, 2.75) is 87.1 Å². The lowest BCUT2D eigenvalue weighted by atomic mass is 10.1. The Bertz CT molecular complexity index is 863. The summed E-state index contributed by atoms with van der Waals surface area (Å²) < 4.78 is 2.02. The highest BCUT2D eigenvalue weighted by molar-refractivity contribution is 6.33. The van der Waals surface area contributed by atoms with Crippen LogP contribution in [0.4, 0.5) is 5.82 Å². The van der Waals surface area contributed by atoms with Crippen molar-refractivity contribution in [1.29, 1.82) is 0 Å². The maximum absolute atomic E-state index is 6.44. The number of nitrogens with zero attached hydrogens (tertiary/aromatic N) is 2. The molecule has 6 heteroatoms. The van der Waals surface area contributed by atoms with E-state index in [4.69, 9.17) is 28.2 Å². The van der Waals surface area contributed by atoms with E-state index in [1.165, 1.54) is 19.2 Å². The second-order valence-electron chi connectivity index (χ2n) is 6.26. The van der Waals surface area contributed by atoms with Crippen LogP contribution in [0.15, 0.2) is 42.6 Å². The number of halogens is 3. The van der Waals surface area contributed by atoms with Gasteiger partial charge in [0.05, 0.1) is 10.0 Å². The van der Waals surface area contributed by atoms with Crippen LogP contribution in [-0.4, -0.2) is 21.8 Å². The van der Waals surface area contributed by atoms with Gasteiger partial charge in [0.25, 0.3) is 0 Å². The molecule has 0 radical (unpaired) electrons. The Morgan fingerprint density at radius 2 is 1.52 bits per heavy atom. The van der Waals surface area contributed by atoms with E-state index in [-0.39, 0.29) is 0 Å². The zero-order valence-corrected chi connectivity index (χ0v) is 24.2. The smallest absolute Gasteiger partial charge is 0.139 e. The number of hydrogen-bond acceptors (Lipinski definition) is 2. The summed E-state index contributed by atoms with van der Waals surface area (Å²) in [6.07, 6.45) is 7.94. The van der Waals surface area contributed by atoms with E-state index >= 15 is 0 Å². The topological polar surface area (TPSA) is 29.3 Å². The highest BCUT2D eigenvalue weighted by Crippen LogP contribution is 2.34. The van der Waals surface area contributed by atoms with Gasteiger partial charge in [0.2, 0.25) is 0 Å². The molecule has 3 nitrogen and oxygen atoms in total. The van der Waals surface area contributed by atoms with Gasteiger partial charge in [0.1, 0.15) is 17.2 Å². The predicted molar refractivity (Wildman–Crippen MR) is 154 cm³/mol. The molecule has 1 unspecified atom stereocenters. The average Bonchev–Trinajstić information content (AvgIpc) is 3.23. The minimum Gasteiger partial charge on any atom is -0.367 e. The molecular formula is C27H44Cl3N3. The monoisotopic (exact) mass is 515 g/mol. The Hall–Kier alpha value is -1.42. The number of imidazole rings is 1. The summed E-state index contributed by atoms with van der Waals surface area (Å²) in [5.41, 5.74) is 2.65. The van der Waals surface area contributed by atoms with E-state index in [0.29, 0.717) is 16.1 Å². The highest BCUT2D eigenvalue weighted by Gasteiger charge is 2.18. The molecule has 1 atom stereocenters. The maximum atomic E-state index is 6.44. The number of nitrogens with one attached hydrogen (secondary N) is 1. The van der Waals surface area contributed by atoms with E-state index in [2.05, 4.69) is 30.8 Å². The maximum Gasteiger partial charge on any atom is 0.139 e. The van der Waals surface area contributed by atoms with Gasteiger partial charge in [-0.3, -0.25) is 4.40 Å². The van der Waals surface area contributed by atoms with Gasteiger partial charge in [-0.05, 0) is 31.0 Å². The molecule has 2 aromatic heterocycles. The van der Waals surface area contributed by atoms with Crippen molar-refractivity contribution in [1.82, 2.24) is 9.38 Å². The number of aromatic nitrogens is 2. The van der Waals surface area contributed by atoms with Gasteiger partial charge in [0.15, 0.2) is 0 Å². The van der Waals surface area contributed by atoms with Gasteiger partial charge in [0, 0.05) is 24.2 Å². The van der Waals surface area contributed by atoms with Crippen LogP contribution < -0.4 is 5.32 Å². The number of rotatable bonds is 7. The highest BCUT2D eigenvalue weighted by atomic mass is 35.5. The molecule has 3 rings (SSSR count). The summed E-state index contributed by atoms with van der Waals surface area (Å²) in [7, 11) is 0. The standard InChI is InChI=1S/C20H23Cl2N3.3C2H6.CH3Cl/c1-3-5-8-15(4-2)23-20-19(16-9-6-7-10-17(16)22)24-18-12-11-14(21)13-25(18)20;4*1-2/h6-7,9-13,15,23H,3-5,8H2,1-2H3;3*1-2H3;1H3. The number of pyridine rings is 1. The summed E-state index contributed by atoms with van der Waals surface area (Å²) in [5, 5.41) is 5.07. The summed E-state index contributed by atoms with van der Waals surface area (Å²) in [6, 6.07) is 12.0. The van der Waals surface area contributed by atoms with Gasteiger partial charge in [-0.15, -0.1) is 11.6 Å². The van der Waals surface area contributed by atoms with E-state index in [1.54, 1.807) is 0 Å². The Labute approximate surface area is 217 Å². The molecule has 0 aliphatic carbocycles. The van der Waals surface area contributed by atoms with Crippen molar-refractivity contribution < 1.29 is 0 Å². The van der Waals surface area contributed by atoms with Crippen LogP contribution in [0.25, 0.3) is 16.9 Å². The van der Waals surface area contributed by atoms with Crippen LogP contribution in [0.3, 0.4) is 0 Å². The van der Waals surface area contributed by atoms with E-state index < -0.39 is 0 Å². The number of hydrogen-bond donors (Lipinski definition) is 1. The fourth-order valence-electron chi connectivity index (χ4n) is 3.02. The first-order chi connectivity index (χ1) is 16.1. The lowest BCUT2D eigenvalue weighted by Gasteiger charge is -2.19. The normalized spacial score (nSPS) is 10.2. The third-order valence-corrected chi connectivity index (χ3v) is 5.00. The van der Waals surface area contributed by atoms with Crippen molar-refractivity contribution in [3.8, 4) is 11.3 Å². The van der Waals surface area contributed by atoms with Crippen LogP contribution in [0.2, 0.25) is 10.0 Å². The fraction of sp³-hybridized carbons (Fsp3) is 0.519. The number of anilines is 1. The molecular weight excluding hydrogens is 473 g/mol. The van der Waals surface area contributed by atoms with Crippen LogP contribution in [0.1, 0.15) is 81.1 Å². The van der Waals surface area contributed by atoms with Crippen molar-refractivity contribution in [3.63, 3.8) is 0 Å². The van der Waals surface area contributed by atoms with Crippen molar-refractivity contribution >= 4 is 46.3 Å². The van der Waals surface area contributed by atoms with Crippen LogP contribution >= 0.6 is 34.8 Å². The first-order valence-corrected chi connectivity index (χ1v) is 13.7. The van der Waals surface area contributed by atoms with E-state index in [9.17, 15) is 0 Å². The van der Waals surface area contributed by atoms with Crippen LogP contribution in [-0.2, 0) is 0 Å². The molecule has 0 saturated carbocycles. The Kier molecular flexibility index (Phi) is 21.6. The summed E-state index contributed by atoms with van der Waals surface area (Å²) in [6.45, 7) is 16.4. The molecule has 0 spiro atoms. The van der Waals surface area contributed by atoms with Crippen molar-refractivity contribution in [3.05, 3.63) is 52.6 Å². The Balaban J connectivity index is 0. The third kappa shape index (κ3) is 10.6. The summed E-state index contributed by atoms with van der Waals surface area (Å²) >= 11 is 17.3. The fourth-order valence-corrected chi connectivity index (χ4v) is 3.41. The number of benzene rings is 1. The average molecular weight is 517 g/mol. The molecule has 0 amide bonds. The first-order valence-electron chi connectivity index (χ1n) is 12.2. The van der Waals surface area contributed by atoms with E-state index in [1.807, 2.05) is 88.5 Å². The van der Waals surface area contributed by atoms with Crippen LogP contribution in [0.5, 0.6) is 0 Å². The van der Waals surface area contributed by atoms with Crippen molar-refractivity contribution in [2.24, 2.45) is 0 Å².